The van der Waals surface area contributed by atoms with E-state index >= 15 is 0 Å². The second-order valence-corrected chi connectivity index (χ2v) is 6.50. The third kappa shape index (κ3) is 3.38. The first-order valence-electron chi connectivity index (χ1n) is 6.98. The molecule has 0 bridgehead atoms. The zero-order valence-electron chi connectivity index (χ0n) is 12.6. The maximum absolute atomic E-state index is 13.9. The Bertz CT molecular complexity index is 830. The van der Waals surface area contributed by atoms with Gasteiger partial charge in [-0.3, -0.25) is 0 Å². The summed E-state index contributed by atoms with van der Waals surface area (Å²) >= 11 is 7.40. The highest BCUT2D eigenvalue weighted by molar-refractivity contribution is 7.98. The van der Waals surface area contributed by atoms with Crippen LogP contribution in [0.15, 0.2) is 41.6 Å². The van der Waals surface area contributed by atoms with Gasteiger partial charge in [0.25, 0.3) is 0 Å². The van der Waals surface area contributed by atoms with Gasteiger partial charge in [-0.2, -0.15) is 4.68 Å². The molecule has 0 N–H and O–H groups in total. The molecule has 1 aromatic heterocycles. The van der Waals surface area contributed by atoms with Crippen LogP contribution in [-0.2, 0) is 5.75 Å². The van der Waals surface area contributed by atoms with E-state index in [9.17, 15) is 4.39 Å². The van der Waals surface area contributed by atoms with Crippen LogP contribution < -0.4 is 0 Å². The van der Waals surface area contributed by atoms with E-state index in [1.165, 1.54) is 23.4 Å². The Labute approximate surface area is 142 Å². The molecule has 0 atom stereocenters. The number of aromatic nitrogens is 4. The summed E-state index contributed by atoms with van der Waals surface area (Å²) in [4.78, 5) is 0. The van der Waals surface area contributed by atoms with Gasteiger partial charge in [-0.05, 0) is 48.0 Å². The summed E-state index contributed by atoms with van der Waals surface area (Å²) in [5.41, 5.74) is 3.60. The first kappa shape index (κ1) is 16.0. The summed E-state index contributed by atoms with van der Waals surface area (Å²) in [5, 5.41) is 12.8. The molecule has 0 spiro atoms. The van der Waals surface area contributed by atoms with Crippen LogP contribution in [0.5, 0.6) is 0 Å². The Kier molecular flexibility index (Phi) is 4.63. The van der Waals surface area contributed by atoms with Crippen LogP contribution in [0.4, 0.5) is 4.39 Å². The van der Waals surface area contributed by atoms with Crippen LogP contribution in [-0.4, -0.2) is 20.2 Å². The van der Waals surface area contributed by atoms with Crippen molar-refractivity contribution in [1.29, 1.82) is 0 Å². The maximum atomic E-state index is 13.9. The fourth-order valence-corrected chi connectivity index (χ4v) is 3.50. The van der Waals surface area contributed by atoms with Gasteiger partial charge in [0.05, 0.1) is 5.69 Å². The van der Waals surface area contributed by atoms with Crippen LogP contribution in [0.3, 0.4) is 0 Å². The lowest BCUT2D eigenvalue weighted by Crippen LogP contribution is -2.02. The molecular weight excluding hydrogens is 335 g/mol. The topological polar surface area (TPSA) is 43.6 Å². The Morgan fingerprint density at radius 3 is 2.78 bits per heavy atom. The van der Waals surface area contributed by atoms with E-state index in [0.717, 1.165) is 11.3 Å². The van der Waals surface area contributed by atoms with E-state index in [1.54, 1.807) is 16.8 Å². The summed E-state index contributed by atoms with van der Waals surface area (Å²) < 4.78 is 15.5. The minimum Gasteiger partial charge on any atom is -0.207 e. The van der Waals surface area contributed by atoms with Gasteiger partial charge in [-0.15, -0.1) is 5.10 Å². The Morgan fingerprint density at radius 1 is 1.22 bits per heavy atom. The molecule has 0 aliphatic carbocycles. The van der Waals surface area contributed by atoms with Crippen molar-refractivity contribution in [2.45, 2.75) is 24.8 Å². The second-order valence-electron chi connectivity index (χ2n) is 5.15. The monoisotopic (exact) mass is 348 g/mol. The lowest BCUT2D eigenvalue weighted by atomic mass is 10.1. The molecule has 3 rings (SSSR count). The van der Waals surface area contributed by atoms with Crippen molar-refractivity contribution < 1.29 is 4.39 Å². The Morgan fingerprint density at radius 2 is 2.04 bits per heavy atom. The normalized spacial score (nSPS) is 11.0. The van der Waals surface area contributed by atoms with Crippen LogP contribution in [0.2, 0.25) is 5.02 Å². The minimum absolute atomic E-state index is 0.324. The van der Waals surface area contributed by atoms with Crippen LogP contribution in [0.25, 0.3) is 5.69 Å². The molecule has 4 nitrogen and oxygen atoms in total. The van der Waals surface area contributed by atoms with Gasteiger partial charge in [0.2, 0.25) is 5.16 Å². The average molecular weight is 349 g/mol. The smallest absolute Gasteiger partial charge is 0.207 e. The number of benzene rings is 2. The van der Waals surface area contributed by atoms with Crippen LogP contribution in [0.1, 0.15) is 16.7 Å². The lowest BCUT2D eigenvalue weighted by molar-refractivity contribution is 0.617. The molecule has 1 heterocycles. The molecule has 0 saturated heterocycles. The average Bonchev–Trinajstić information content (AvgIpc) is 2.95. The molecule has 0 fully saturated rings. The van der Waals surface area contributed by atoms with E-state index < -0.39 is 0 Å². The van der Waals surface area contributed by atoms with Crippen molar-refractivity contribution in [1.82, 2.24) is 20.2 Å². The molecular formula is C16H14ClFN4S. The maximum Gasteiger partial charge on any atom is 0.214 e. The number of aryl methyl sites for hydroxylation is 2. The third-order valence-corrected chi connectivity index (χ3v) is 4.73. The van der Waals surface area contributed by atoms with Crippen molar-refractivity contribution in [3.05, 3.63) is 63.9 Å². The van der Waals surface area contributed by atoms with Crippen molar-refractivity contribution in [2.75, 3.05) is 0 Å². The molecule has 0 radical (unpaired) electrons. The highest BCUT2D eigenvalue weighted by Crippen LogP contribution is 2.28. The fourth-order valence-electron chi connectivity index (χ4n) is 2.27. The zero-order chi connectivity index (χ0) is 16.4. The van der Waals surface area contributed by atoms with Gasteiger partial charge < -0.3 is 0 Å². The van der Waals surface area contributed by atoms with Gasteiger partial charge >= 0.3 is 0 Å². The highest BCUT2D eigenvalue weighted by Gasteiger charge is 2.14. The molecule has 2 aromatic carbocycles. The quantitative estimate of drug-likeness (QED) is 0.657. The first-order valence-corrected chi connectivity index (χ1v) is 8.34. The molecule has 23 heavy (non-hydrogen) atoms. The molecule has 0 unspecified atom stereocenters. The molecule has 118 valence electrons. The number of tetrazole rings is 1. The Balaban J connectivity index is 1.87. The van der Waals surface area contributed by atoms with Gasteiger partial charge in [0.1, 0.15) is 5.82 Å². The lowest BCUT2D eigenvalue weighted by Gasteiger charge is -2.09. The van der Waals surface area contributed by atoms with Gasteiger partial charge in [-0.25, -0.2) is 4.39 Å². The molecule has 3 aromatic rings. The number of hydrogen-bond acceptors (Lipinski definition) is 4. The van der Waals surface area contributed by atoms with E-state index in [2.05, 4.69) is 21.6 Å². The number of halogens is 2. The minimum atomic E-state index is -0.324. The molecule has 0 aliphatic rings. The van der Waals surface area contributed by atoms with Gasteiger partial charge in [0, 0.05) is 16.3 Å². The first-order chi connectivity index (χ1) is 11.1. The fraction of sp³-hybridized carbons (Fsp3) is 0.188. The summed E-state index contributed by atoms with van der Waals surface area (Å²) in [5.74, 6) is 0.0344. The van der Waals surface area contributed by atoms with Crippen LogP contribution >= 0.6 is 23.4 Å². The van der Waals surface area contributed by atoms with Gasteiger partial charge in [0.15, 0.2) is 0 Å². The number of hydrogen-bond donors (Lipinski definition) is 0. The molecule has 0 amide bonds. The largest absolute Gasteiger partial charge is 0.214 e. The van der Waals surface area contributed by atoms with Crippen molar-refractivity contribution in [3.63, 3.8) is 0 Å². The van der Waals surface area contributed by atoms with E-state index in [1.807, 2.05) is 26.0 Å². The van der Waals surface area contributed by atoms with Gasteiger partial charge in [-0.1, -0.05) is 47.1 Å². The molecule has 0 aliphatic heterocycles. The summed E-state index contributed by atoms with van der Waals surface area (Å²) in [6, 6.07) is 10.7. The number of rotatable bonds is 4. The van der Waals surface area contributed by atoms with Crippen molar-refractivity contribution in [3.8, 4) is 5.69 Å². The van der Waals surface area contributed by atoms with E-state index in [0.29, 0.717) is 21.5 Å². The Hall–Kier alpha value is -1.92. The summed E-state index contributed by atoms with van der Waals surface area (Å²) in [7, 11) is 0. The molecule has 0 saturated carbocycles. The SMILES string of the molecule is Cc1ccc(-n2nnnc2SCc2c(F)cccc2Cl)c(C)c1. The number of thioether (sulfide) groups is 1. The summed E-state index contributed by atoms with van der Waals surface area (Å²) in [6.45, 7) is 4.04. The van der Waals surface area contributed by atoms with E-state index in [4.69, 9.17) is 11.6 Å². The highest BCUT2D eigenvalue weighted by atomic mass is 35.5. The predicted octanol–water partition coefficient (Wildman–Crippen LogP) is 4.36. The zero-order valence-corrected chi connectivity index (χ0v) is 14.2. The van der Waals surface area contributed by atoms with E-state index in [-0.39, 0.29) is 5.82 Å². The summed E-state index contributed by atoms with van der Waals surface area (Å²) in [6.07, 6.45) is 0. The molecule has 7 heteroatoms. The predicted molar refractivity (Wildman–Crippen MR) is 89.6 cm³/mol. The standard InChI is InChI=1S/C16H14ClFN4S/c1-10-6-7-15(11(2)8-10)22-16(19-20-21-22)23-9-12-13(17)4-3-5-14(12)18/h3-8H,9H2,1-2H3. The van der Waals surface area contributed by atoms with Crippen molar-refractivity contribution in [2.24, 2.45) is 0 Å². The third-order valence-electron chi connectivity index (χ3n) is 3.43. The number of nitrogens with zero attached hydrogens (tertiary/aromatic N) is 4. The van der Waals surface area contributed by atoms with Crippen LogP contribution in [0, 0.1) is 19.7 Å². The second kappa shape index (κ2) is 6.68. The van der Waals surface area contributed by atoms with Crippen molar-refractivity contribution >= 4 is 23.4 Å².